The van der Waals surface area contributed by atoms with E-state index in [0.717, 1.165) is 22.3 Å². The molecule has 0 saturated heterocycles. The minimum Gasteiger partial charge on any atom is 0 e. The quantitative estimate of drug-likeness (QED) is 0.276. The number of hydrogen-bond acceptors (Lipinski definition) is 3. The van der Waals surface area contributed by atoms with E-state index in [0.29, 0.717) is 13.0 Å². The number of aliphatic hydroxyl groups excluding tert-OH is 1. The van der Waals surface area contributed by atoms with E-state index < -0.39 is 0 Å². The van der Waals surface area contributed by atoms with Crippen molar-refractivity contribution < 1.29 is 66.7 Å². The van der Waals surface area contributed by atoms with E-state index in [1.54, 1.807) is 13.0 Å². The van der Waals surface area contributed by atoms with E-state index in [4.69, 9.17) is 16.4 Å². The molecule has 0 aromatic rings. The Morgan fingerprint density at radius 1 is 1.68 bits per heavy atom. The van der Waals surface area contributed by atoms with Gasteiger partial charge in [0.05, 0.1) is 0 Å². The Kier molecular flexibility index (Phi) is 10.4. The first-order chi connectivity index (χ1) is 8.54. The Bertz CT molecular complexity index is 377. The van der Waals surface area contributed by atoms with Gasteiger partial charge in [-0.2, -0.15) is 0 Å². The predicted molar refractivity (Wildman–Crippen MR) is 66.1 cm³/mol. The molecule has 19 heavy (non-hydrogen) atoms. The van der Waals surface area contributed by atoms with E-state index in [1.165, 1.54) is 19.4 Å². The van der Waals surface area contributed by atoms with E-state index in [9.17, 15) is 4.79 Å². The van der Waals surface area contributed by atoms with Crippen LogP contribution in [0.15, 0.2) is 17.4 Å². The molecule has 1 radical (unpaired) electrons. The van der Waals surface area contributed by atoms with Crippen LogP contribution < -0.4 is 0 Å². The molecule has 0 bridgehead atoms. The zero-order valence-electron chi connectivity index (χ0n) is 11.0. The molecule has 1 saturated carbocycles. The van der Waals surface area contributed by atoms with Gasteiger partial charge in [0.15, 0.2) is 0 Å². The van der Waals surface area contributed by atoms with Crippen molar-refractivity contribution in [3.63, 3.8) is 0 Å². The molecule has 1 fully saturated rings. The van der Waals surface area contributed by atoms with Crippen molar-refractivity contribution in [3.05, 3.63) is 36.8 Å². The number of aliphatic hydroxyl groups is 1. The normalized spacial score (nSPS) is 21.4. The van der Waals surface area contributed by atoms with Gasteiger partial charge in [-0.3, -0.25) is 0 Å². The molecule has 1 aliphatic carbocycles. The van der Waals surface area contributed by atoms with Crippen molar-refractivity contribution in [1.82, 2.24) is 0 Å². The molecular weight excluding hydrogens is 489 g/mol. The van der Waals surface area contributed by atoms with Crippen molar-refractivity contribution in [2.45, 2.75) is 26.2 Å². The molecule has 0 spiro atoms. The summed E-state index contributed by atoms with van der Waals surface area (Å²) < 4.78 is 6.13. The minimum atomic E-state index is -0.186. The fourth-order valence-corrected chi connectivity index (χ4v) is 2.99. The van der Waals surface area contributed by atoms with Gasteiger partial charge in [0, 0.05) is 32.7 Å². The topological polar surface area (TPSA) is 46.5 Å². The molecule has 103 valence electrons. The SMILES string of the molecule is [CH-]=C(O)/C=C1/C[CH-]C[CH-]C(CC(=O)OCC)[C]1=[W].[Y]. The van der Waals surface area contributed by atoms with E-state index in [2.05, 4.69) is 12.8 Å². The number of carbonyl (C=O) groups excluding carboxylic acids is 1. The standard InChI is InChI=1S/C14H17O3.W.Y/c1-3-17-14(16)10-13-7-5-4-6-12(9-13)8-11(2)15;;/h2,4,7-8,13,15H,3,5-6,10H2,1H3;;/q-3;;/b12-8-;;. The maximum atomic E-state index is 11.5. The van der Waals surface area contributed by atoms with E-state index in [1.807, 2.05) is 0 Å². The molecule has 0 aromatic heterocycles. The van der Waals surface area contributed by atoms with Crippen molar-refractivity contribution >= 4 is 9.87 Å². The minimum absolute atomic E-state index is 0. The van der Waals surface area contributed by atoms with Crippen LogP contribution in [0.2, 0.25) is 0 Å². The van der Waals surface area contributed by atoms with Crippen molar-refractivity contribution in [1.29, 1.82) is 0 Å². The first kappa shape index (κ1) is 19.4. The zero-order valence-corrected chi connectivity index (χ0v) is 16.7. The number of allylic oxidation sites excluding steroid dienone is 2. The summed E-state index contributed by atoms with van der Waals surface area (Å²) in [4.78, 5) is 11.5. The van der Waals surface area contributed by atoms with Crippen LogP contribution in [-0.4, -0.2) is 21.6 Å². The average molecular weight is 506 g/mol. The molecule has 3 nitrogen and oxygen atoms in total. The number of carbonyl (C=O) groups is 1. The Labute approximate surface area is 151 Å². The largest absolute Gasteiger partial charge is 0 e. The summed E-state index contributed by atoms with van der Waals surface area (Å²) in [5, 5.41) is 9.16. The van der Waals surface area contributed by atoms with Gasteiger partial charge in [-0.05, 0) is 0 Å². The fourth-order valence-electron chi connectivity index (χ4n) is 1.83. The first-order valence-corrected chi connectivity index (χ1v) is 7.38. The molecule has 0 aliphatic heterocycles. The molecule has 5 heteroatoms. The molecule has 1 unspecified atom stereocenters. The van der Waals surface area contributed by atoms with Gasteiger partial charge >= 0.3 is 119 Å². The third-order valence-corrected chi connectivity index (χ3v) is 4.65. The van der Waals surface area contributed by atoms with Gasteiger partial charge < -0.3 is 0 Å². The van der Waals surface area contributed by atoms with Gasteiger partial charge in [0.1, 0.15) is 0 Å². The first-order valence-electron chi connectivity index (χ1n) is 5.91. The van der Waals surface area contributed by atoms with Gasteiger partial charge in [-0.25, -0.2) is 0 Å². The summed E-state index contributed by atoms with van der Waals surface area (Å²) in [6.07, 6.45) is 7.80. The number of esters is 1. The van der Waals surface area contributed by atoms with Crippen LogP contribution >= 0.6 is 0 Å². The Hall–Kier alpha value is 0.412. The summed E-state index contributed by atoms with van der Waals surface area (Å²) in [6, 6.07) is 0. The maximum Gasteiger partial charge on any atom is 0 e. The van der Waals surface area contributed by atoms with Crippen molar-refractivity contribution in [2.24, 2.45) is 5.92 Å². The zero-order chi connectivity index (χ0) is 13.5. The summed E-state index contributed by atoms with van der Waals surface area (Å²) in [5.74, 6) is -0.281. The van der Waals surface area contributed by atoms with Crippen LogP contribution in [0.4, 0.5) is 0 Å². The maximum absolute atomic E-state index is 11.5. The second-order valence-electron chi connectivity index (χ2n) is 4.04. The fraction of sp³-hybridized carbons (Fsp3) is 0.429. The second-order valence-corrected chi connectivity index (χ2v) is 5.62. The van der Waals surface area contributed by atoms with E-state index in [-0.39, 0.29) is 50.4 Å². The number of hydrogen-bond donors (Lipinski definition) is 1. The predicted octanol–water partition coefficient (Wildman–Crippen LogP) is 2.28. The Morgan fingerprint density at radius 2 is 2.37 bits per heavy atom. The van der Waals surface area contributed by atoms with Gasteiger partial charge in [-0.15, -0.1) is 0 Å². The van der Waals surface area contributed by atoms with Gasteiger partial charge in [0.25, 0.3) is 0 Å². The van der Waals surface area contributed by atoms with Crippen LogP contribution in [0.3, 0.4) is 0 Å². The van der Waals surface area contributed by atoms with Gasteiger partial charge in [0.2, 0.25) is 0 Å². The molecule has 1 rings (SSSR count). The molecule has 1 aliphatic rings. The van der Waals surface area contributed by atoms with Gasteiger partial charge in [-0.1, -0.05) is 0 Å². The number of rotatable bonds is 4. The molecule has 1 atom stereocenters. The smallest absolute Gasteiger partial charge is 0 e. The molecular formula is C14H17O3WY-3. The van der Waals surface area contributed by atoms with Crippen molar-refractivity contribution in [3.8, 4) is 0 Å². The van der Waals surface area contributed by atoms with Crippen LogP contribution in [0.1, 0.15) is 26.2 Å². The average Bonchev–Trinajstić information content (AvgIpc) is 2.44. The summed E-state index contributed by atoms with van der Waals surface area (Å²) in [5.41, 5.74) is 1.01. The number of ether oxygens (including phenoxy) is 1. The molecule has 0 amide bonds. The third-order valence-electron chi connectivity index (χ3n) is 2.62. The molecule has 1 N–H and O–H groups in total. The Morgan fingerprint density at radius 3 is 2.95 bits per heavy atom. The van der Waals surface area contributed by atoms with Crippen molar-refractivity contribution in [2.75, 3.05) is 6.61 Å². The van der Waals surface area contributed by atoms with Crippen LogP contribution in [-0.2, 0) is 61.6 Å². The summed E-state index contributed by atoms with van der Waals surface area (Å²) in [6.45, 7) is 7.52. The van der Waals surface area contributed by atoms with Crippen LogP contribution in [0, 0.1) is 25.3 Å². The second kappa shape index (κ2) is 10.2. The molecule has 0 heterocycles. The Balaban J connectivity index is 0.00000324. The van der Waals surface area contributed by atoms with Crippen LogP contribution in [0.5, 0.6) is 0 Å². The monoisotopic (exact) mass is 506 g/mol. The summed E-state index contributed by atoms with van der Waals surface area (Å²) >= 11 is 1.29. The molecule has 0 aromatic carbocycles. The summed E-state index contributed by atoms with van der Waals surface area (Å²) in [7, 11) is 0. The van der Waals surface area contributed by atoms with E-state index >= 15 is 0 Å². The third kappa shape index (κ3) is 7.11. The van der Waals surface area contributed by atoms with Crippen LogP contribution in [0.25, 0.3) is 0 Å².